The van der Waals surface area contributed by atoms with Gasteiger partial charge in [0.15, 0.2) is 0 Å². The Bertz CT molecular complexity index is 1040. The fourth-order valence-corrected chi connectivity index (χ4v) is 4.04. The molecule has 3 heterocycles. The van der Waals surface area contributed by atoms with Gasteiger partial charge >= 0.3 is 0 Å². The number of nitrogens with zero attached hydrogens (tertiary/aromatic N) is 2. The molecule has 1 aliphatic rings. The predicted molar refractivity (Wildman–Crippen MR) is 109 cm³/mol. The van der Waals surface area contributed by atoms with E-state index >= 15 is 0 Å². The molecule has 1 saturated heterocycles. The van der Waals surface area contributed by atoms with Crippen molar-refractivity contribution in [2.75, 3.05) is 25.1 Å². The summed E-state index contributed by atoms with van der Waals surface area (Å²) in [6.07, 6.45) is -2.58. The molecule has 6 nitrogen and oxygen atoms in total. The van der Waals surface area contributed by atoms with Crippen LogP contribution in [0.1, 0.15) is 33.5 Å². The average molecular weight is 420 g/mol. The van der Waals surface area contributed by atoms with Gasteiger partial charge in [0.05, 0.1) is 34.0 Å². The van der Waals surface area contributed by atoms with Crippen LogP contribution in [0.25, 0.3) is 11.0 Å². The monoisotopic (exact) mass is 420 g/mol. The maximum absolute atomic E-state index is 12.7. The minimum absolute atomic E-state index is 0.125. The zero-order valence-corrected chi connectivity index (χ0v) is 17.0. The van der Waals surface area contributed by atoms with E-state index in [4.69, 9.17) is 4.74 Å². The molecule has 0 atom stereocenters. The number of anilines is 1. The Balaban J connectivity index is 1.45. The zero-order chi connectivity index (χ0) is 20.6. The summed E-state index contributed by atoms with van der Waals surface area (Å²) in [5.41, 5.74) is 2.94. The molecule has 0 saturated carbocycles. The van der Waals surface area contributed by atoms with E-state index in [0.29, 0.717) is 5.95 Å². The molecule has 154 valence electrons. The first-order chi connectivity index (χ1) is 13.8. The van der Waals surface area contributed by atoms with E-state index in [1.54, 1.807) is 11.6 Å². The quantitative estimate of drug-likeness (QED) is 0.607. The van der Waals surface area contributed by atoms with Crippen LogP contribution in [0.3, 0.4) is 0 Å². The number of alkyl halides is 2. The lowest BCUT2D eigenvalue weighted by molar-refractivity contribution is -0.0991. The summed E-state index contributed by atoms with van der Waals surface area (Å²) in [6, 6.07) is 8.65. The highest BCUT2D eigenvalue weighted by Gasteiger charge is 2.32. The summed E-state index contributed by atoms with van der Waals surface area (Å²) in [5, 5.41) is 6.17. The van der Waals surface area contributed by atoms with Gasteiger partial charge in [0.1, 0.15) is 0 Å². The second-order valence-corrected chi connectivity index (χ2v) is 8.80. The molecule has 29 heavy (non-hydrogen) atoms. The van der Waals surface area contributed by atoms with Gasteiger partial charge in [0.2, 0.25) is 5.95 Å². The van der Waals surface area contributed by atoms with Gasteiger partial charge in [-0.3, -0.25) is 10.1 Å². The van der Waals surface area contributed by atoms with E-state index < -0.39 is 12.3 Å². The van der Waals surface area contributed by atoms with Crippen molar-refractivity contribution >= 4 is 34.2 Å². The van der Waals surface area contributed by atoms with E-state index in [2.05, 4.69) is 22.5 Å². The van der Waals surface area contributed by atoms with Gasteiger partial charge in [-0.1, -0.05) is 13.0 Å². The number of fused-ring (bicyclic) bond motifs is 1. The first-order valence-corrected chi connectivity index (χ1v) is 10.1. The largest absolute Gasteiger partial charge is 0.380 e. The number of hydrogen-bond donors (Lipinski definition) is 2. The molecular weight excluding hydrogens is 398 g/mol. The number of hydrogen-bond acceptors (Lipinski definition) is 5. The third-order valence-electron chi connectivity index (χ3n) is 5.02. The fourth-order valence-electron chi connectivity index (χ4n) is 3.28. The third-order valence-corrected chi connectivity index (χ3v) is 6.11. The molecule has 0 unspecified atom stereocenters. The summed E-state index contributed by atoms with van der Waals surface area (Å²) >= 11 is 0.785. The normalized spacial score (nSPS) is 15.6. The molecule has 0 aliphatic carbocycles. The predicted octanol–water partition coefficient (Wildman–Crippen LogP) is 3.95. The summed E-state index contributed by atoms with van der Waals surface area (Å²) in [6.45, 7) is 5.36. The number of amides is 1. The summed E-state index contributed by atoms with van der Waals surface area (Å²) in [4.78, 5) is 17.0. The van der Waals surface area contributed by atoms with Crippen LogP contribution in [-0.2, 0) is 18.3 Å². The SMILES string of the molecule is Cn1c(NC(=O)c2ccc(C(F)F)s2)nc2cc(CNCC3(C)COC3)ccc21. The first-order valence-electron chi connectivity index (χ1n) is 9.28. The summed E-state index contributed by atoms with van der Waals surface area (Å²) < 4.78 is 32.5. The summed E-state index contributed by atoms with van der Waals surface area (Å²) in [5.74, 6) is -0.0700. The van der Waals surface area contributed by atoms with Crippen LogP contribution in [-0.4, -0.2) is 35.2 Å². The topological polar surface area (TPSA) is 68.2 Å². The van der Waals surface area contributed by atoms with Crippen molar-refractivity contribution in [3.05, 3.63) is 45.6 Å². The van der Waals surface area contributed by atoms with E-state index in [0.717, 1.165) is 54.2 Å². The molecule has 0 spiro atoms. The number of benzene rings is 1. The molecule has 4 rings (SSSR count). The highest BCUT2D eigenvalue weighted by molar-refractivity contribution is 7.14. The maximum Gasteiger partial charge on any atom is 0.272 e. The Morgan fingerprint density at radius 1 is 1.34 bits per heavy atom. The van der Waals surface area contributed by atoms with Crippen molar-refractivity contribution in [1.29, 1.82) is 0 Å². The molecule has 1 aromatic carbocycles. The molecular formula is C20H22F2N4O2S. The van der Waals surface area contributed by atoms with Crippen LogP contribution in [0.2, 0.25) is 0 Å². The molecule has 1 aliphatic heterocycles. The van der Waals surface area contributed by atoms with Gasteiger partial charge < -0.3 is 14.6 Å². The summed E-state index contributed by atoms with van der Waals surface area (Å²) in [7, 11) is 1.80. The Kier molecular flexibility index (Phi) is 5.37. The lowest BCUT2D eigenvalue weighted by atomic mass is 9.89. The van der Waals surface area contributed by atoms with Gasteiger partial charge in [-0.2, -0.15) is 0 Å². The highest BCUT2D eigenvalue weighted by Crippen LogP contribution is 2.28. The van der Waals surface area contributed by atoms with Crippen molar-refractivity contribution in [2.24, 2.45) is 12.5 Å². The Morgan fingerprint density at radius 2 is 2.14 bits per heavy atom. The van der Waals surface area contributed by atoms with E-state index in [1.165, 1.54) is 12.1 Å². The highest BCUT2D eigenvalue weighted by atomic mass is 32.1. The molecule has 0 radical (unpaired) electrons. The smallest absolute Gasteiger partial charge is 0.272 e. The second kappa shape index (κ2) is 7.81. The number of carbonyl (C=O) groups is 1. The number of nitrogens with one attached hydrogen (secondary N) is 2. The minimum Gasteiger partial charge on any atom is -0.380 e. The Morgan fingerprint density at radius 3 is 2.79 bits per heavy atom. The molecule has 0 bridgehead atoms. The number of imidazole rings is 1. The number of thiophene rings is 1. The van der Waals surface area contributed by atoms with Crippen LogP contribution < -0.4 is 10.6 Å². The van der Waals surface area contributed by atoms with Crippen molar-refractivity contribution in [2.45, 2.75) is 19.9 Å². The van der Waals surface area contributed by atoms with Crippen LogP contribution in [0.4, 0.5) is 14.7 Å². The number of rotatable bonds is 7. The molecule has 9 heteroatoms. The Hall–Kier alpha value is -2.36. The zero-order valence-electron chi connectivity index (χ0n) is 16.2. The van der Waals surface area contributed by atoms with E-state index in [-0.39, 0.29) is 15.2 Å². The van der Waals surface area contributed by atoms with Crippen LogP contribution in [0.5, 0.6) is 0 Å². The van der Waals surface area contributed by atoms with Crippen molar-refractivity contribution in [3.63, 3.8) is 0 Å². The minimum atomic E-state index is -2.58. The van der Waals surface area contributed by atoms with Crippen LogP contribution >= 0.6 is 11.3 Å². The van der Waals surface area contributed by atoms with Crippen molar-refractivity contribution < 1.29 is 18.3 Å². The van der Waals surface area contributed by atoms with Gasteiger partial charge in [0.25, 0.3) is 12.3 Å². The molecule has 1 fully saturated rings. The van der Waals surface area contributed by atoms with Crippen LogP contribution in [0.15, 0.2) is 30.3 Å². The number of aromatic nitrogens is 2. The van der Waals surface area contributed by atoms with Crippen molar-refractivity contribution in [3.8, 4) is 0 Å². The van der Waals surface area contributed by atoms with E-state index in [1.807, 2.05) is 18.2 Å². The number of halogens is 2. The molecule has 3 aromatic rings. The number of aryl methyl sites for hydroxylation is 1. The van der Waals surface area contributed by atoms with Crippen LogP contribution in [0, 0.1) is 5.41 Å². The average Bonchev–Trinajstić information content (AvgIpc) is 3.26. The third kappa shape index (κ3) is 4.17. The fraction of sp³-hybridized carbons (Fsp3) is 0.400. The lowest BCUT2D eigenvalue weighted by Crippen LogP contribution is -2.47. The standard InChI is InChI=1S/C20H22F2N4O2S/c1-20(10-28-11-20)9-23-8-12-3-4-14-13(7-12)24-19(26(14)2)25-18(27)16-6-5-15(29-16)17(21)22/h3-7,17,23H,8-11H2,1-2H3,(H,24,25,27). The molecule has 2 aromatic heterocycles. The first kappa shape index (κ1) is 19.9. The maximum atomic E-state index is 12.7. The number of ether oxygens (including phenoxy) is 1. The van der Waals surface area contributed by atoms with Gasteiger partial charge in [-0.05, 0) is 29.8 Å². The van der Waals surface area contributed by atoms with Gasteiger partial charge in [-0.15, -0.1) is 11.3 Å². The molecule has 1 amide bonds. The van der Waals surface area contributed by atoms with Gasteiger partial charge in [0, 0.05) is 25.6 Å². The van der Waals surface area contributed by atoms with Gasteiger partial charge in [-0.25, -0.2) is 13.8 Å². The molecule has 2 N–H and O–H groups in total. The lowest BCUT2D eigenvalue weighted by Gasteiger charge is -2.38. The Labute approximate surface area is 170 Å². The second-order valence-electron chi connectivity index (χ2n) is 7.68. The van der Waals surface area contributed by atoms with E-state index in [9.17, 15) is 13.6 Å². The van der Waals surface area contributed by atoms with Crippen molar-refractivity contribution in [1.82, 2.24) is 14.9 Å². The number of carbonyl (C=O) groups excluding carboxylic acids is 1.